The minimum Gasteiger partial charge on any atom is -0.382 e. The number of halogens is 2. The Balaban J connectivity index is 3.54. The van der Waals surface area contributed by atoms with Gasteiger partial charge in [-0.05, 0) is 0 Å². The van der Waals surface area contributed by atoms with E-state index in [-0.39, 0.29) is 6.61 Å². The molecule has 0 radical (unpaired) electrons. The van der Waals surface area contributed by atoms with Crippen molar-refractivity contribution < 1.29 is 14.3 Å². The summed E-state index contributed by atoms with van der Waals surface area (Å²) in [5.41, 5.74) is 4.87. The molecule has 0 aliphatic rings. The molecule has 0 fully saturated rings. The molecule has 0 atom stereocenters. The van der Waals surface area contributed by atoms with Crippen molar-refractivity contribution in [2.45, 2.75) is 4.33 Å². The fourth-order valence-electron chi connectivity index (χ4n) is 0.414. The Bertz CT molecular complexity index is 152. The second kappa shape index (κ2) is 5.59. The van der Waals surface area contributed by atoms with Crippen LogP contribution in [0.25, 0.3) is 0 Å². The highest BCUT2D eigenvalue weighted by molar-refractivity contribution is 6.58. The Morgan fingerprint density at radius 3 is 2.50 bits per heavy atom. The zero-order valence-corrected chi connectivity index (χ0v) is 8.19. The normalized spacial score (nSPS) is 11.6. The molecule has 0 unspecified atom stereocenters. The molecule has 0 aliphatic carbocycles. The number of carbonyl (C=O) groups is 1. The van der Waals surface area contributed by atoms with E-state index in [0.29, 0.717) is 13.2 Å². The Labute approximate surface area is 80.9 Å². The quantitative estimate of drug-likeness (QED) is 0.513. The van der Waals surface area contributed by atoms with E-state index in [9.17, 15) is 4.79 Å². The molecule has 0 bridgehead atoms. The third-order valence-corrected chi connectivity index (χ3v) is 1.67. The highest BCUT2D eigenvalue weighted by atomic mass is 35.5. The highest BCUT2D eigenvalue weighted by Gasteiger charge is 2.31. The molecule has 0 aliphatic heterocycles. The Morgan fingerprint density at radius 2 is 2.08 bits per heavy atom. The van der Waals surface area contributed by atoms with Gasteiger partial charge in [0.2, 0.25) is 4.33 Å². The molecule has 6 heteroatoms. The number of hydrogen-bond donors (Lipinski definition) is 1. The molecule has 0 aromatic carbocycles. The number of alkyl halides is 2. The molecule has 0 rings (SSSR count). The summed E-state index contributed by atoms with van der Waals surface area (Å²) in [5, 5.41) is 0. The monoisotopic (exact) mass is 215 g/mol. The minimum absolute atomic E-state index is 0.130. The first kappa shape index (κ1) is 12.0. The maximum absolute atomic E-state index is 10.5. The topological polar surface area (TPSA) is 61.6 Å². The predicted octanol–water partition coefficient (Wildman–Crippen LogP) is 0.309. The SMILES string of the molecule is COCCOCC(Cl)(Cl)C(N)=O. The molecule has 0 spiro atoms. The van der Waals surface area contributed by atoms with Crippen molar-refractivity contribution >= 4 is 29.1 Å². The summed E-state index contributed by atoms with van der Waals surface area (Å²) in [4.78, 5) is 10.5. The van der Waals surface area contributed by atoms with Crippen molar-refractivity contribution in [3.05, 3.63) is 0 Å². The third kappa shape index (κ3) is 4.77. The Hall–Kier alpha value is -0.0300. The van der Waals surface area contributed by atoms with Crippen LogP contribution in [0.4, 0.5) is 0 Å². The number of ether oxygens (including phenoxy) is 2. The second-order valence-corrected chi connectivity index (χ2v) is 3.60. The van der Waals surface area contributed by atoms with E-state index in [0.717, 1.165) is 0 Å². The molecule has 2 N–H and O–H groups in total. The number of nitrogens with two attached hydrogens (primary N) is 1. The van der Waals surface area contributed by atoms with Gasteiger partial charge in [-0.2, -0.15) is 0 Å². The van der Waals surface area contributed by atoms with Crippen LogP contribution in [0.5, 0.6) is 0 Å². The Kier molecular flexibility index (Phi) is 5.57. The van der Waals surface area contributed by atoms with Crippen LogP contribution in [0.2, 0.25) is 0 Å². The molecule has 0 saturated carbocycles. The van der Waals surface area contributed by atoms with Crippen molar-refractivity contribution in [2.24, 2.45) is 5.73 Å². The molecule has 12 heavy (non-hydrogen) atoms. The van der Waals surface area contributed by atoms with Gasteiger partial charge in [0.1, 0.15) is 0 Å². The average Bonchev–Trinajstić information content (AvgIpc) is 1.98. The standard InChI is InChI=1S/C6H11Cl2NO3/c1-11-2-3-12-4-6(7,8)5(9)10/h2-4H2,1H3,(H2,9,10). The number of amides is 1. The lowest BCUT2D eigenvalue weighted by Crippen LogP contribution is -2.37. The first-order valence-electron chi connectivity index (χ1n) is 3.25. The van der Waals surface area contributed by atoms with Crippen molar-refractivity contribution in [1.29, 1.82) is 0 Å². The summed E-state index contributed by atoms with van der Waals surface area (Å²) in [6, 6.07) is 0. The summed E-state index contributed by atoms with van der Waals surface area (Å²) >= 11 is 11.0. The number of hydrogen-bond acceptors (Lipinski definition) is 3. The number of methoxy groups -OCH3 is 1. The van der Waals surface area contributed by atoms with E-state index < -0.39 is 10.2 Å². The van der Waals surface area contributed by atoms with Gasteiger partial charge in [0, 0.05) is 7.11 Å². The average molecular weight is 216 g/mol. The lowest BCUT2D eigenvalue weighted by molar-refractivity contribution is -0.120. The van der Waals surface area contributed by atoms with E-state index in [1.165, 1.54) is 7.11 Å². The van der Waals surface area contributed by atoms with Crippen LogP contribution in [0.3, 0.4) is 0 Å². The largest absolute Gasteiger partial charge is 0.382 e. The maximum atomic E-state index is 10.5. The van der Waals surface area contributed by atoms with Crippen LogP contribution in [0, 0.1) is 0 Å². The first-order chi connectivity index (χ1) is 5.50. The van der Waals surface area contributed by atoms with Gasteiger partial charge in [0.25, 0.3) is 5.91 Å². The van der Waals surface area contributed by atoms with Gasteiger partial charge in [-0.15, -0.1) is 0 Å². The van der Waals surface area contributed by atoms with Crippen molar-refractivity contribution in [3.8, 4) is 0 Å². The number of carbonyl (C=O) groups excluding carboxylic acids is 1. The lowest BCUT2D eigenvalue weighted by Gasteiger charge is -2.14. The van der Waals surface area contributed by atoms with E-state index in [4.69, 9.17) is 33.7 Å². The summed E-state index contributed by atoms with van der Waals surface area (Å²) in [5.74, 6) is -0.816. The van der Waals surface area contributed by atoms with Crippen LogP contribution < -0.4 is 5.73 Å². The van der Waals surface area contributed by atoms with Crippen LogP contribution in [0.1, 0.15) is 0 Å². The summed E-state index contributed by atoms with van der Waals surface area (Å²) in [6.07, 6.45) is 0. The number of primary amides is 1. The minimum atomic E-state index is -1.65. The van der Waals surface area contributed by atoms with Crippen molar-refractivity contribution in [2.75, 3.05) is 26.9 Å². The van der Waals surface area contributed by atoms with Crippen LogP contribution in [-0.2, 0) is 14.3 Å². The van der Waals surface area contributed by atoms with Gasteiger partial charge in [0.15, 0.2) is 0 Å². The molecule has 0 aromatic heterocycles. The molecular formula is C6H11Cl2NO3. The first-order valence-corrected chi connectivity index (χ1v) is 4.00. The van der Waals surface area contributed by atoms with Gasteiger partial charge >= 0.3 is 0 Å². The fraction of sp³-hybridized carbons (Fsp3) is 0.833. The smallest absolute Gasteiger partial charge is 0.256 e. The van der Waals surface area contributed by atoms with Gasteiger partial charge in [-0.3, -0.25) is 4.79 Å². The van der Waals surface area contributed by atoms with Gasteiger partial charge in [-0.25, -0.2) is 0 Å². The van der Waals surface area contributed by atoms with E-state index >= 15 is 0 Å². The van der Waals surface area contributed by atoms with E-state index in [2.05, 4.69) is 4.74 Å². The molecule has 0 saturated heterocycles. The molecule has 4 nitrogen and oxygen atoms in total. The summed E-state index contributed by atoms with van der Waals surface area (Å²) < 4.78 is 7.96. The summed E-state index contributed by atoms with van der Waals surface area (Å²) in [7, 11) is 1.53. The zero-order chi connectivity index (χ0) is 9.61. The van der Waals surface area contributed by atoms with Gasteiger partial charge in [0.05, 0.1) is 19.8 Å². The van der Waals surface area contributed by atoms with Crippen molar-refractivity contribution in [1.82, 2.24) is 0 Å². The number of rotatable bonds is 6. The van der Waals surface area contributed by atoms with Crippen LogP contribution in [-0.4, -0.2) is 37.2 Å². The zero-order valence-electron chi connectivity index (χ0n) is 6.68. The van der Waals surface area contributed by atoms with E-state index in [1.54, 1.807) is 0 Å². The maximum Gasteiger partial charge on any atom is 0.256 e. The van der Waals surface area contributed by atoms with Crippen LogP contribution >= 0.6 is 23.2 Å². The second-order valence-electron chi connectivity index (χ2n) is 2.11. The van der Waals surface area contributed by atoms with E-state index in [1.807, 2.05) is 0 Å². The van der Waals surface area contributed by atoms with Gasteiger partial charge < -0.3 is 15.2 Å². The van der Waals surface area contributed by atoms with Crippen molar-refractivity contribution in [3.63, 3.8) is 0 Å². The molecular weight excluding hydrogens is 205 g/mol. The van der Waals surface area contributed by atoms with Crippen LogP contribution in [0.15, 0.2) is 0 Å². The Morgan fingerprint density at radius 1 is 1.50 bits per heavy atom. The third-order valence-electron chi connectivity index (χ3n) is 1.08. The summed E-state index contributed by atoms with van der Waals surface area (Å²) in [6.45, 7) is 0.613. The highest BCUT2D eigenvalue weighted by Crippen LogP contribution is 2.20. The molecule has 0 heterocycles. The predicted molar refractivity (Wildman–Crippen MR) is 46.3 cm³/mol. The molecule has 72 valence electrons. The molecule has 1 amide bonds. The lowest BCUT2D eigenvalue weighted by atomic mass is 10.4. The fourth-order valence-corrected chi connectivity index (χ4v) is 0.568. The van der Waals surface area contributed by atoms with Gasteiger partial charge in [-0.1, -0.05) is 23.2 Å². The molecule has 0 aromatic rings.